The van der Waals surface area contributed by atoms with Crippen molar-refractivity contribution in [2.75, 3.05) is 20.3 Å². The number of fused-ring (bicyclic) bond motifs is 1. The molecule has 2 aromatic rings. The molecule has 0 bridgehead atoms. The lowest BCUT2D eigenvalue weighted by Crippen LogP contribution is -2.21. The molecule has 0 atom stereocenters. The second kappa shape index (κ2) is 5.58. The fourth-order valence-electron chi connectivity index (χ4n) is 1.75. The minimum absolute atomic E-state index is 0.0375. The zero-order chi connectivity index (χ0) is 14.0. The summed E-state index contributed by atoms with van der Waals surface area (Å²) in [4.78, 5) is 16.1. The Bertz CT molecular complexity index is 632. The topological polar surface area (TPSA) is 73.6 Å². The van der Waals surface area contributed by atoms with E-state index in [9.17, 15) is 9.90 Å². The third-order valence-corrected chi connectivity index (χ3v) is 3.56. The van der Waals surface area contributed by atoms with E-state index in [0.29, 0.717) is 28.8 Å². The summed E-state index contributed by atoms with van der Waals surface area (Å²) in [6.45, 7) is 4.62. The average molecular weight is 284 g/mol. The second-order valence-electron chi connectivity index (χ2n) is 4.31. The highest BCUT2D eigenvalue weighted by atomic mass is 32.1. The van der Waals surface area contributed by atoms with Crippen LogP contribution >= 0.6 is 11.3 Å². The predicted molar refractivity (Wildman–Crippen MR) is 73.3 cm³/mol. The van der Waals surface area contributed by atoms with Gasteiger partial charge in [-0.3, -0.25) is 9.36 Å². The zero-order valence-corrected chi connectivity index (χ0v) is 11.9. The molecule has 104 valence electrons. The van der Waals surface area contributed by atoms with Crippen molar-refractivity contribution in [2.24, 2.45) is 0 Å². The molecule has 0 spiro atoms. The maximum atomic E-state index is 11.9. The molecule has 0 aromatic carbocycles. The molecule has 19 heavy (non-hydrogen) atoms. The Morgan fingerprint density at radius 3 is 2.84 bits per heavy atom. The standard InChI is InChI=1S/C12H16N2O4S/c1-7(2)14-9(16)6-8(15)10-11(14)13-12(19-10)18-5-4-17-3/h6-7,15H,4-5H2,1-3H3. The van der Waals surface area contributed by atoms with Gasteiger partial charge in [-0.25, -0.2) is 0 Å². The number of rotatable bonds is 5. The Morgan fingerprint density at radius 1 is 1.47 bits per heavy atom. The smallest absolute Gasteiger partial charge is 0.276 e. The van der Waals surface area contributed by atoms with Gasteiger partial charge in [0.2, 0.25) is 0 Å². The van der Waals surface area contributed by atoms with Crippen molar-refractivity contribution in [2.45, 2.75) is 19.9 Å². The predicted octanol–water partition coefficient (Wildman–Crippen LogP) is 1.77. The SMILES string of the molecule is COCCOc1nc2c(s1)c(O)cc(=O)n2C(C)C. The minimum Gasteiger partial charge on any atom is -0.506 e. The highest BCUT2D eigenvalue weighted by Crippen LogP contribution is 2.33. The number of ether oxygens (including phenoxy) is 2. The maximum Gasteiger partial charge on any atom is 0.276 e. The van der Waals surface area contributed by atoms with Crippen molar-refractivity contribution < 1.29 is 14.6 Å². The summed E-state index contributed by atoms with van der Waals surface area (Å²) in [5.74, 6) is -0.0593. The highest BCUT2D eigenvalue weighted by molar-refractivity contribution is 7.20. The molecule has 0 aliphatic heterocycles. The molecular formula is C12H16N2O4S. The van der Waals surface area contributed by atoms with Crippen LogP contribution in [0.25, 0.3) is 10.3 Å². The van der Waals surface area contributed by atoms with Crippen LogP contribution in [0.1, 0.15) is 19.9 Å². The summed E-state index contributed by atoms with van der Waals surface area (Å²) in [6, 6.07) is 1.17. The largest absolute Gasteiger partial charge is 0.506 e. The van der Waals surface area contributed by atoms with Crippen LogP contribution in [0.4, 0.5) is 0 Å². The fourth-order valence-corrected chi connectivity index (χ4v) is 2.60. The molecule has 6 nitrogen and oxygen atoms in total. The van der Waals surface area contributed by atoms with Gasteiger partial charge < -0.3 is 14.6 Å². The van der Waals surface area contributed by atoms with Gasteiger partial charge in [0.1, 0.15) is 17.1 Å². The van der Waals surface area contributed by atoms with Crippen molar-refractivity contribution in [1.82, 2.24) is 9.55 Å². The quantitative estimate of drug-likeness (QED) is 0.847. The summed E-state index contributed by atoms with van der Waals surface area (Å²) in [5, 5.41) is 10.2. The summed E-state index contributed by atoms with van der Waals surface area (Å²) in [5.41, 5.74) is 0.186. The van der Waals surface area contributed by atoms with Gasteiger partial charge in [0.15, 0.2) is 5.65 Å². The van der Waals surface area contributed by atoms with Crippen LogP contribution in [0, 0.1) is 0 Å². The Labute approximate surface area is 114 Å². The Kier molecular flexibility index (Phi) is 4.06. The van der Waals surface area contributed by atoms with Gasteiger partial charge in [0.05, 0.1) is 6.61 Å². The van der Waals surface area contributed by atoms with Crippen molar-refractivity contribution in [3.8, 4) is 10.9 Å². The first-order chi connectivity index (χ1) is 9.04. The molecular weight excluding hydrogens is 268 g/mol. The number of nitrogens with zero attached hydrogens (tertiary/aromatic N) is 2. The molecule has 0 radical (unpaired) electrons. The number of pyridine rings is 1. The van der Waals surface area contributed by atoms with Crippen LogP contribution in [0.2, 0.25) is 0 Å². The van der Waals surface area contributed by atoms with E-state index in [2.05, 4.69) is 4.98 Å². The molecule has 2 heterocycles. The van der Waals surface area contributed by atoms with E-state index in [1.54, 1.807) is 7.11 Å². The molecule has 0 amide bonds. The van der Waals surface area contributed by atoms with Crippen LogP contribution in [0.5, 0.6) is 10.9 Å². The number of methoxy groups -OCH3 is 1. The van der Waals surface area contributed by atoms with Crippen molar-refractivity contribution in [3.05, 3.63) is 16.4 Å². The minimum atomic E-state index is -0.270. The van der Waals surface area contributed by atoms with Crippen molar-refractivity contribution in [3.63, 3.8) is 0 Å². The second-order valence-corrected chi connectivity index (χ2v) is 5.27. The van der Waals surface area contributed by atoms with E-state index in [1.165, 1.54) is 22.0 Å². The monoisotopic (exact) mass is 284 g/mol. The normalized spacial score (nSPS) is 11.4. The number of thiazole rings is 1. The van der Waals surface area contributed by atoms with Crippen LogP contribution in [0.15, 0.2) is 10.9 Å². The van der Waals surface area contributed by atoms with Crippen LogP contribution in [-0.2, 0) is 4.74 Å². The number of aromatic nitrogens is 2. The molecule has 0 saturated carbocycles. The lowest BCUT2D eigenvalue weighted by atomic mass is 10.3. The first kappa shape index (κ1) is 13.8. The molecule has 7 heteroatoms. The van der Waals surface area contributed by atoms with E-state index < -0.39 is 0 Å². The van der Waals surface area contributed by atoms with Gasteiger partial charge in [0, 0.05) is 19.2 Å². The van der Waals surface area contributed by atoms with Gasteiger partial charge in [-0.2, -0.15) is 4.98 Å². The molecule has 0 aliphatic carbocycles. The lowest BCUT2D eigenvalue weighted by Gasteiger charge is -2.10. The van der Waals surface area contributed by atoms with Crippen LogP contribution in [-0.4, -0.2) is 35.0 Å². The molecule has 2 rings (SSSR count). The zero-order valence-electron chi connectivity index (χ0n) is 11.0. The summed E-state index contributed by atoms with van der Waals surface area (Å²) in [6.07, 6.45) is 0. The fraction of sp³-hybridized carbons (Fsp3) is 0.500. The van der Waals surface area contributed by atoms with Crippen molar-refractivity contribution in [1.29, 1.82) is 0 Å². The van der Waals surface area contributed by atoms with Gasteiger partial charge in [-0.1, -0.05) is 11.3 Å². The number of aromatic hydroxyl groups is 1. The number of hydrogen-bond donors (Lipinski definition) is 1. The van der Waals surface area contributed by atoms with E-state index in [4.69, 9.17) is 9.47 Å². The van der Waals surface area contributed by atoms with E-state index in [1.807, 2.05) is 13.8 Å². The summed E-state index contributed by atoms with van der Waals surface area (Å²) in [7, 11) is 1.59. The van der Waals surface area contributed by atoms with Crippen molar-refractivity contribution >= 4 is 21.7 Å². The van der Waals surface area contributed by atoms with E-state index >= 15 is 0 Å². The number of hydrogen-bond acceptors (Lipinski definition) is 6. The Balaban J connectivity index is 2.48. The van der Waals surface area contributed by atoms with Crippen LogP contribution < -0.4 is 10.3 Å². The van der Waals surface area contributed by atoms with Gasteiger partial charge in [-0.15, -0.1) is 0 Å². The summed E-state index contributed by atoms with van der Waals surface area (Å²) >= 11 is 1.22. The molecule has 0 unspecified atom stereocenters. The highest BCUT2D eigenvalue weighted by Gasteiger charge is 2.16. The molecule has 1 N–H and O–H groups in total. The first-order valence-electron chi connectivity index (χ1n) is 5.91. The van der Waals surface area contributed by atoms with E-state index in [0.717, 1.165) is 0 Å². The third-order valence-electron chi connectivity index (χ3n) is 2.58. The molecule has 0 fully saturated rings. The average Bonchev–Trinajstić information content (AvgIpc) is 2.73. The third kappa shape index (κ3) is 2.71. The molecule has 2 aromatic heterocycles. The molecule has 0 aliphatic rings. The molecule has 0 saturated heterocycles. The summed E-state index contributed by atoms with van der Waals surface area (Å²) < 4.78 is 12.4. The Hall–Kier alpha value is -1.60. The Morgan fingerprint density at radius 2 is 2.21 bits per heavy atom. The van der Waals surface area contributed by atoms with Gasteiger partial charge in [0.25, 0.3) is 10.8 Å². The van der Waals surface area contributed by atoms with Gasteiger partial charge >= 0.3 is 0 Å². The lowest BCUT2D eigenvalue weighted by molar-refractivity contribution is 0.146. The first-order valence-corrected chi connectivity index (χ1v) is 6.73. The van der Waals surface area contributed by atoms with Gasteiger partial charge in [-0.05, 0) is 13.8 Å². The maximum absolute atomic E-state index is 11.9. The van der Waals surface area contributed by atoms with E-state index in [-0.39, 0.29) is 17.4 Å². The van der Waals surface area contributed by atoms with Crippen LogP contribution in [0.3, 0.4) is 0 Å².